The van der Waals surface area contributed by atoms with Gasteiger partial charge in [0.1, 0.15) is 0 Å². The van der Waals surface area contributed by atoms with E-state index in [1.807, 2.05) is 0 Å². The molecule has 0 radical (unpaired) electrons. The normalized spacial score (nSPS) is 24.9. The predicted octanol–water partition coefficient (Wildman–Crippen LogP) is 3.69. The topological polar surface area (TPSA) is 3.24 Å². The molecule has 0 aromatic carbocycles. The molecular weight excluding hydrogens is 170 g/mol. The number of rotatable bonds is 5. The molecule has 0 amide bonds. The molecule has 1 aliphatic heterocycles. The summed E-state index contributed by atoms with van der Waals surface area (Å²) in [5.74, 6) is 0.968. The number of nitrogens with zero attached hydrogens (tertiary/aromatic N) is 1. The van der Waals surface area contributed by atoms with Crippen molar-refractivity contribution in [3.8, 4) is 0 Å². The molecule has 1 heteroatoms. The molecule has 1 unspecified atom stereocenters. The maximum Gasteiger partial charge on any atom is -0.00162 e. The van der Waals surface area contributed by atoms with Crippen LogP contribution in [0.5, 0.6) is 0 Å². The fraction of sp³-hybridized carbons (Fsp3) is 1.00. The fourth-order valence-corrected chi connectivity index (χ4v) is 2.31. The first kappa shape index (κ1) is 12.0. The Labute approximate surface area is 89.9 Å². The third-order valence-electron chi connectivity index (χ3n) is 3.44. The van der Waals surface area contributed by atoms with Gasteiger partial charge < -0.3 is 4.90 Å². The lowest BCUT2D eigenvalue weighted by Gasteiger charge is -2.19. The van der Waals surface area contributed by atoms with Crippen LogP contribution in [0.25, 0.3) is 0 Å². The number of hydrogen-bond donors (Lipinski definition) is 0. The first-order valence-corrected chi connectivity index (χ1v) is 6.55. The van der Waals surface area contributed by atoms with Gasteiger partial charge in [-0.05, 0) is 51.2 Å². The maximum atomic E-state index is 2.68. The van der Waals surface area contributed by atoms with Crippen LogP contribution in [0, 0.1) is 5.92 Å². The van der Waals surface area contributed by atoms with Crippen molar-refractivity contribution in [1.29, 1.82) is 0 Å². The second-order valence-electron chi connectivity index (χ2n) is 4.94. The van der Waals surface area contributed by atoms with Gasteiger partial charge in [0.2, 0.25) is 0 Å². The Kier molecular flexibility index (Phi) is 6.25. The average molecular weight is 197 g/mol. The van der Waals surface area contributed by atoms with E-state index >= 15 is 0 Å². The van der Waals surface area contributed by atoms with Gasteiger partial charge in [0.15, 0.2) is 0 Å². The van der Waals surface area contributed by atoms with E-state index in [4.69, 9.17) is 0 Å². The van der Waals surface area contributed by atoms with Crippen LogP contribution in [0.15, 0.2) is 0 Å². The fourth-order valence-electron chi connectivity index (χ4n) is 2.31. The van der Waals surface area contributed by atoms with E-state index in [1.54, 1.807) is 0 Å². The summed E-state index contributed by atoms with van der Waals surface area (Å²) >= 11 is 0. The molecule has 84 valence electrons. The standard InChI is InChI=1S/C13H27N/c1-3-4-5-6-10-14-11-7-8-13(2)9-12-14/h13H,3-12H2,1-2H3. The van der Waals surface area contributed by atoms with E-state index in [-0.39, 0.29) is 0 Å². The molecule has 0 spiro atoms. The summed E-state index contributed by atoms with van der Waals surface area (Å²) in [6.45, 7) is 8.75. The van der Waals surface area contributed by atoms with E-state index in [0.717, 1.165) is 5.92 Å². The third-order valence-corrected chi connectivity index (χ3v) is 3.44. The molecule has 1 atom stereocenters. The highest BCUT2D eigenvalue weighted by molar-refractivity contribution is 4.67. The van der Waals surface area contributed by atoms with E-state index in [0.29, 0.717) is 0 Å². The largest absolute Gasteiger partial charge is 0.303 e. The van der Waals surface area contributed by atoms with Crippen LogP contribution in [0.2, 0.25) is 0 Å². The predicted molar refractivity (Wildman–Crippen MR) is 63.6 cm³/mol. The first-order chi connectivity index (χ1) is 6.83. The molecule has 0 aromatic heterocycles. The zero-order chi connectivity index (χ0) is 10.2. The van der Waals surface area contributed by atoms with Gasteiger partial charge in [-0.25, -0.2) is 0 Å². The zero-order valence-corrected chi connectivity index (χ0v) is 10.1. The van der Waals surface area contributed by atoms with Crippen molar-refractivity contribution in [3.63, 3.8) is 0 Å². The lowest BCUT2D eigenvalue weighted by molar-refractivity contribution is 0.275. The number of likely N-dealkylation sites (tertiary alicyclic amines) is 1. The van der Waals surface area contributed by atoms with Crippen LogP contribution in [0.3, 0.4) is 0 Å². The molecule has 14 heavy (non-hydrogen) atoms. The Morgan fingerprint density at radius 3 is 2.71 bits per heavy atom. The van der Waals surface area contributed by atoms with E-state index < -0.39 is 0 Å². The lowest BCUT2D eigenvalue weighted by atomic mass is 10.0. The van der Waals surface area contributed by atoms with Gasteiger partial charge in [-0.1, -0.05) is 33.1 Å². The van der Waals surface area contributed by atoms with Gasteiger partial charge in [0.25, 0.3) is 0 Å². The first-order valence-electron chi connectivity index (χ1n) is 6.55. The minimum atomic E-state index is 0.968. The summed E-state index contributed by atoms with van der Waals surface area (Å²) in [5, 5.41) is 0. The quantitative estimate of drug-likeness (QED) is 0.608. The lowest BCUT2D eigenvalue weighted by Crippen LogP contribution is -2.25. The summed E-state index contributed by atoms with van der Waals surface area (Å²) in [6.07, 6.45) is 9.93. The Bertz CT molecular complexity index is 133. The summed E-state index contributed by atoms with van der Waals surface area (Å²) in [6, 6.07) is 0. The minimum Gasteiger partial charge on any atom is -0.303 e. The highest BCUT2D eigenvalue weighted by Crippen LogP contribution is 2.16. The van der Waals surface area contributed by atoms with Crippen LogP contribution in [0.1, 0.15) is 58.8 Å². The number of unbranched alkanes of at least 4 members (excludes halogenated alkanes) is 3. The molecule has 1 aliphatic rings. The number of hydrogen-bond acceptors (Lipinski definition) is 1. The SMILES string of the molecule is CCCCCCN1CCCC(C)CC1. The molecule has 1 heterocycles. The van der Waals surface area contributed by atoms with Crippen LogP contribution in [-0.4, -0.2) is 24.5 Å². The maximum absolute atomic E-state index is 2.68. The van der Waals surface area contributed by atoms with Crippen molar-refractivity contribution in [3.05, 3.63) is 0 Å². The highest BCUT2D eigenvalue weighted by atomic mass is 15.1. The molecule has 0 aromatic rings. The van der Waals surface area contributed by atoms with Crippen molar-refractivity contribution in [2.75, 3.05) is 19.6 Å². The van der Waals surface area contributed by atoms with Gasteiger partial charge in [0.05, 0.1) is 0 Å². The van der Waals surface area contributed by atoms with Gasteiger partial charge in [0, 0.05) is 0 Å². The van der Waals surface area contributed by atoms with E-state index in [9.17, 15) is 0 Å². The van der Waals surface area contributed by atoms with E-state index in [1.165, 1.54) is 64.6 Å². The van der Waals surface area contributed by atoms with Crippen molar-refractivity contribution < 1.29 is 0 Å². The molecule has 0 bridgehead atoms. The molecule has 1 rings (SSSR count). The molecular formula is C13H27N. The highest BCUT2D eigenvalue weighted by Gasteiger charge is 2.12. The second-order valence-corrected chi connectivity index (χ2v) is 4.94. The Morgan fingerprint density at radius 2 is 1.93 bits per heavy atom. The van der Waals surface area contributed by atoms with Crippen molar-refractivity contribution in [1.82, 2.24) is 4.90 Å². The molecule has 0 N–H and O–H groups in total. The van der Waals surface area contributed by atoms with Crippen molar-refractivity contribution in [2.45, 2.75) is 58.8 Å². The smallest absolute Gasteiger partial charge is 0.00162 e. The molecule has 1 nitrogen and oxygen atoms in total. The average Bonchev–Trinajstić information content (AvgIpc) is 2.38. The van der Waals surface area contributed by atoms with Gasteiger partial charge in [-0.2, -0.15) is 0 Å². The Balaban J connectivity index is 2.05. The minimum absolute atomic E-state index is 0.968. The molecule has 0 aliphatic carbocycles. The zero-order valence-electron chi connectivity index (χ0n) is 10.1. The van der Waals surface area contributed by atoms with Gasteiger partial charge >= 0.3 is 0 Å². The Morgan fingerprint density at radius 1 is 1.07 bits per heavy atom. The summed E-state index contributed by atoms with van der Waals surface area (Å²) in [4.78, 5) is 2.68. The van der Waals surface area contributed by atoms with Crippen LogP contribution in [-0.2, 0) is 0 Å². The van der Waals surface area contributed by atoms with Crippen molar-refractivity contribution >= 4 is 0 Å². The second kappa shape index (κ2) is 7.28. The third kappa shape index (κ3) is 4.99. The van der Waals surface area contributed by atoms with Crippen LogP contribution >= 0.6 is 0 Å². The summed E-state index contributed by atoms with van der Waals surface area (Å²) in [5.41, 5.74) is 0. The van der Waals surface area contributed by atoms with Crippen LogP contribution < -0.4 is 0 Å². The Hall–Kier alpha value is -0.0400. The van der Waals surface area contributed by atoms with Crippen molar-refractivity contribution in [2.24, 2.45) is 5.92 Å². The molecule has 1 fully saturated rings. The van der Waals surface area contributed by atoms with Crippen LogP contribution in [0.4, 0.5) is 0 Å². The molecule has 0 saturated carbocycles. The summed E-state index contributed by atoms with van der Waals surface area (Å²) in [7, 11) is 0. The monoisotopic (exact) mass is 197 g/mol. The molecule has 1 saturated heterocycles. The van der Waals surface area contributed by atoms with Gasteiger partial charge in [-0.15, -0.1) is 0 Å². The van der Waals surface area contributed by atoms with Gasteiger partial charge in [-0.3, -0.25) is 0 Å². The summed E-state index contributed by atoms with van der Waals surface area (Å²) < 4.78 is 0. The van der Waals surface area contributed by atoms with E-state index in [2.05, 4.69) is 18.7 Å².